The summed E-state index contributed by atoms with van der Waals surface area (Å²) in [5.41, 5.74) is 6.55. The van der Waals surface area contributed by atoms with Gasteiger partial charge in [-0.05, 0) is 35.4 Å². The van der Waals surface area contributed by atoms with Gasteiger partial charge in [0.15, 0.2) is 5.65 Å². The summed E-state index contributed by atoms with van der Waals surface area (Å²) in [5, 5.41) is 7.20. The summed E-state index contributed by atoms with van der Waals surface area (Å²) < 4.78 is 59.0. The van der Waals surface area contributed by atoms with E-state index in [0.717, 1.165) is 4.40 Å². The van der Waals surface area contributed by atoms with Crippen LogP contribution in [0.1, 0.15) is 12.7 Å². The van der Waals surface area contributed by atoms with Gasteiger partial charge in [0.2, 0.25) is 5.82 Å². The van der Waals surface area contributed by atoms with Crippen molar-refractivity contribution >= 4 is 5.65 Å². The smallest absolute Gasteiger partial charge is 0.394 e. The van der Waals surface area contributed by atoms with Crippen molar-refractivity contribution < 1.29 is 22.3 Å². The Morgan fingerprint density at radius 3 is 2.24 bits per heavy atom. The van der Waals surface area contributed by atoms with E-state index in [1.807, 2.05) is 0 Å². The van der Waals surface area contributed by atoms with Crippen molar-refractivity contribution in [2.45, 2.75) is 19.0 Å². The Kier molecular flexibility index (Phi) is 4.11. The Morgan fingerprint density at radius 1 is 1.00 bits per heavy atom. The Balaban J connectivity index is 1.98. The van der Waals surface area contributed by atoms with Gasteiger partial charge in [0.25, 0.3) is 0 Å². The number of ether oxygens (including phenoxy) is 1. The molecule has 0 amide bonds. The first-order valence-corrected chi connectivity index (χ1v) is 7.30. The summed E-state index contributed by atoms with van der Waals surface area (Å²) in [6, 6.07) is 9.04. The highest BCUT2D eigenvalue weighted by molar-refractivity contribution is 5.65. The van der Waals surface area contributed by atoms with Crippen molar-refractivity contribution in [3.8, 4) is 16.9 Å². The first-order valence-electron chi connectivity index (χ1n) is 7.30. The van der Waals surface area contributed by atoms with Gasteiger partial charge in [-0.25, -0.2) is 0 Å². The molecule has 9 heteroatoms. The van der Waals surface area contributed by atoms with E-state index < -0.39 is 24.4 Å². The number of hydrogen-bond donors (Lipinski definition) is 1. The highest BCUT2D eigenvalue weighted by Gasteiger charge is 2.35. The Hall–Kier alpha value is -2.68. The van der Waals surface area contributed by atoms with Crippen LogP contribution in [0.4, 0.5) is 17.6 Å². The highest BCUT2D eigenvalue weighted by atomic mass is 19.3. The van der Waals surface area contributed by atoms with E-state index in [9.17, 15) is 17.6 Å². The second-order valence-electron chi connectivity index (χ2n) is 5.51. The molecule has 0 aliphatic rings. The number of benzene rings is 1. The monoisotopic (exact) mass is 354 g/mol. The van der Waals surface area contributed by atoms with Crippen LogP contribution in [-0.4, -0.2) is 27.3 Å². The van der Waals surface area contributed by atoms with Gasteiger partial charge in [0.05, 0.1) is 6.54 Å². The maximum absolute atomic E-state index is 13.9. The lowest BCUT2D eigenvalue weighted by Gasteiger charge is -2.13. The van der Waals surface area contributed by atoms with Crippen molar-refractivity contribution in [3.05, 3.63) is 48.4 Å². The molecule has 1 aromatic carbocycles. The van der Waals surface area contributed by atoms with Crippen LogP contribution in [0.15, 0.2) is 42.6 Å². The second kappa shape index (κ2) is 5.99. The molecule has 0 saturated carbocycles. The fourth-order valence-corrected chi connectivity index (χ4v) is 2.32. The van der Waals surface area contributed by atoms with Crippen LogP contribution < -0.4 is 10.5 Å². The molecule has 0 unspecified atom stereocenters. The fraction of sp³-hybridized carbons (Fsp3) is 0.250. The molecule has 3 aromatic rings. The largest absolute Gasteiger partial charge is 0.433 e. The normalized spacial score (nSPS) is 12.6. The van der Waals surface area contributed by atoms with Gasteiger partial charge in [-0.3, -0.25) is 4.40 Å². The Bertz CT molecular complexity index is 887. The maximum Gasteiger partial charge on any atom is 0.394 e. The van der Waals surface area contributed by atoms with Crippen LogP contribution in [-0.2, 0) is 5.92 Å². The first kappa shape index (κ1) is 17.2. The van der Waals surface area contributed by atoms with Gasteiger partial charge < -0.3 is 10.5 Å². The molecule has 0 bridgehead atoms. The number of rotatable bonds is 5. The topological polar surface area (TPSA) is 65.4 Å². The summed E-state index contributed by atoms with van der Waals surface area (Å²) in [6.07, 6.45) is -1.84. The number of halogens is 4. The number of hydrogen-bond acceptors (Lipinski definition) is 4. The van der Waals surface area contributed by atoms with E-state index in [0.29, 0.717) is 18.1 Å². The molecule has 3 rings (SSSR count). The average molecular weight is 354 g/mol. The van der Waals surface area contributed by atoms with Crippen LogP contribution in [0.5, 0.6) is 5.75 Å². The van der Waals surface area contributed by atoms with Crippen molar-refractivity contribution in [2.24, 2.45) is 5.73 Å². The summed E-state index contributed by atoms with van der Waals surface area (Å²) in [4.78, 5) is 0. The van der Waals surface area contributed by atoms with Gasteiger partial charge in [0.1, 0.15) is 5.75 Å². The minimum absolute atomic E-state index is 0.00280. The van der Waals surface area contributed by atoms with Crippen LogP contribution >= 0.6 is 0 Å². The molecule has 2 N–H and O–H groups in total. The maximum atomic E-state index is 13.9. The van der Waals surface area contributed by atoms with E-state index in [2.05, 4.69) is 14.9 Å². The Labute approximate surface area is 140 Å². The minimum Gasteiger partial charge on any atom is -0.433 e. The molecule has 132 valence electrons. The molecule has 5 nitrogen and oxygen atoms in total. The summed E-state index contributed by atoms with van der Waals surface area (Å²) in [6.45, 7) is -0.255. The van der Waals surface area contributed by atoms with Crippen molar-refractivity contribution in [3.63, 3.8) is 0 Å². The van der Waals surface area contributed by atoms with Crippen LogP contribution in [0.3, 0.4) is 0 Å². The fourth-order valence-electron chi connectivity index (χ4n) is 2.32. The summed E-state index contributed by atoms with van der Waals surface area (Å²) in [5.74, 6) is -3.88. The number of alkyl halides is 4. The Morgan fingerprint density at radius 2 is 1.64 bits per heavy atom. The zero-order valence-electron chi connectivity index (χ0n) is 13.1. The summed E-state index contributed by atoms with van der Waals surface area (Å²) >= 11 is 0. The van der Waals surface area contributed by atoms with Gasteiger partial charge in [-0.15, -0.1) is 10.2 Å². The number of fused-ring (bicyclic) bond motifs is 1. The number of aromatic nitrogens is 3. The van der Waals surface area contributed by atoms with E-state index in [4.69, 9.17) is 5.73 Å². The molecule has 0 saturated heterocycles. The molecule has 0 spiro atoms. The third kappa shape index (κ3) is 3.55. The van der Waals surface area contributed by atoms with Crippen molar-refractivity contribution in [1.82, 2.24) is 14.6 Å². The summed E-state index contributed by atoms with van der Waals surface area (Å²) in [7, 11) is 0. The van der Waals surface area contributed by atoms with Gasteiger partial charge >= 0.3 is 12.0 Å². The average Bonchev–Trinajstić information content (AvgIpc) is 2.98. The third-order valence-electron chi connectivity index (χ3n) is 3.47. The van der Waals surface area contributed by atoms with Crippen LogP contribution in [0, 0.1) is 0 Å². The zero-order valence-corrected chi connectivity index (χ0v) is 13.1. The van der Waals surface area contributed by atoms with E-state index >= 15 is 0 Å². The predicted molar refractivity (Wildman–Crippen MR) is 82.6 cm³/mol. The predicted octanol–water partition coefficient (Wildman–Crippen LogP) is 3.44. The molecule has 0 aliphatic carbocycles. The molecule has 0 radical (unpaired) electrons. The molecule has 2 aromatic heterocycles. The SMILES string of the molecule is CC(F)(F)Oc1ccc(-c2ccc3nnc(C(F)(F)CN)n3c2)cc1. The molecule has 2 heterocycles. The second-order valence-corrected chi connectivity index (χ2v) is 5.51. The van der Waals surface area contributed by atoms with Gasteiger partial charge in [-0.2, -0.15) is 17.6 Å². The lowest BCUT2D eigenvalue weighted by Crippen LogP contribution is -2.27. The molecular weight excluding hydrogens is 340 g/mol. The molecule has 25 heavy (non-hydrogen) atoms. The van der Waals surface area contributed by atoms with Crippen molar-refractivity contribution in [1.29, 1.82) is 0 Å². The number of pyridine rings is 1. The van der Waals surface area contributed by atoms with E-state index in [1.165, 1.54) is 24.4 Å². The zero-order chi connectivity index (χ0) is 18.2. The van der Waals surface area contributed by atoms with Gasteiger partial charge in [0, 0.05) is 13.1 Å². The third-order valence-corrected chi connectivity index (χ3v) is 3.47. The van der Waals surface area contributed by atoms with Crippen LogP contribution in [0.2, 0.25) is 0 Å². The number of nitrogens with zero attached hydrogens (tertiary/aromatic N) is 3. The molecule has 0 atom stereocenters. The van der Waals surface area contributed by atoms with Crippen molar-refractivity contribution in [2.75, 3.05) is 6.54 Å². The van der Waals surface area contributed by atoms with Crippen LogP contribution in [0.25, 0.3) is 16.8 Å². The lowest BCUT2D eigenvalue weighted by atomic mass is 10.1. The molecule has 0 aliphatic heterocycles. The molecule has 0 fully saturated rings. The van der Waals surface area contributed by atoms with E-state index in [1.54, 1.807) is 18.2 Å². The van der Waals surface area contributed by atoms with Gasteiger partial charge in [-0.1, -0.05) is 12.1 Å². The standard InChI is InChI=1S/C16H14F4N4O/c1-15(17,18)25-12-5-2-10(3-6-12)11-4-7-13-22-23-14(24(13)8-11)16(19,20)9-21/h2-8H,9,21H2,1H3. The number of nitrogens with two attached hydrogens (primary N) is 1. The minimum atomic E-state index is -3.32. The lowest BCUT2D eigenvalue weighted by molar-refractivity contribution is -0.158. The quantitative estimate of drug-likeness (QED) is 0.713. The van der Waals surface area contributed by atoms with E-state index in [-0.39, 0.29) is 11.4 Å². The highest BCUT2D eigenvalue weighted by Crippen LogP contribution is 2.29. The first-order chi connectivity index (χ1) is 11.7. The molecular formula is C16H14F4N4O.